The number of rotatable bonds is 5. The van der Waals surface area contributed by atoms with Gasteiger partial charge in [0.1, 0.15) is 4.90 Å². The van der Waals surface area contributed by atoms with Crippen LogP contribution in [-0.4, -0.2) is 35.6 Å². The summed E-state index contributed by atoms with van der Waals surface area (Å²) < 4.78 is 26.4. The van der Waals surface area contributed by atoms with Gasteiger partial charge in [0.2, 0.25) is 10.0 Å². The maximum Gasteiger partial charge on any atom is 0.244 e. The first-order valence-electron chi connectivity index (χ1n) is 5.64. The van der Waals surface area contributed by atoms with E-state index in [1.807, 2.05) is 0 Å². The van der Waals surface area contributed by atoms with Gasteiger partial charge in [-0.05, 0) is 25.0 Å². The predicted molar refractivity (Wildman–Crippen MR) is 69.6 cm³/mol. The number of hydrogen-bond donors (Lipinski definition) is 0. The van der Waals surface area contributed by atoms with Gasteiger partial charge in [0.25, 0.3) is 0 Å². The van der Waals surface area contributed by atoms with Crippen molar-refractivity contribution in [3.8, 4) is 0 Å². The molecule has 0 N–H and O–H groups in total. The summed E-state index contributed by atoms with van der Waals surface area (Å²) in [5.74, 6) is 0. The summed E-state index contributed by atoms with van der Waals surface area (Å²) in [4.78, 5) is 4.16. The third-order valence-corrected chi connectivity index (χ3v) is 5.32. The van der Waals surface area contributed by atoms with Gasteiger partial charge in [0.15, 0.2) is 0 Å². The molecule has 1 aromatic heterocycles. The normalized spacial score (nSPS) is 17.1. The van der Waals surface area contributed by atoms with Crippen LogP contribution in [0.25, 0.3) is 0 Å². The van der Waals surface area contributed by atoms with E-state index >= 15 is 0 Å². The molecule has 1 fully saturated rings. The Morgan fingerprint density at radius 2 is 2.24 bits per heavy atom. The largest absolute Gasteiger partial charge is 0.263 e. The van der Waals surface area contributed by atoms with Crippen LogP contribution in [-0.2, 0) is 10.0 Å². The highest BCUT2D eigenvalue weighted by atomic mass is 79.9. The highest BCUT2D eigenvalue weighted by Crippen LogP contribution is 2.29. The summed E-state index contributed by atoms with van der Waals surface area (Å²) in [5.41, 5.74) is 0. The zero-order valence-corrected chi connectivity index (χ0v) is 11.8. The maximum absolute atomic E-state index is 12.4. The molecule has 0 bridgehead atoms. The lowest BCUT2D eigenvalue weighted by atomic mass is 9.93. The molecule has 1 saturated carbocycles. The molecule has 1 aliphatic rings. The van der Waals surface area contributed by atoms with E-state index < -0.39 is 10.0 Å². The van der Waals surface area contributed by atoms with Gasteiger partial charge < -0.3 is 0 Å². The Morgan fingerprint density at radius 3 is 2.71 bits per heavy atom. The first-order valence-corrected chi connectivity index (χ1v) is 8.20. The minimum absolute atomic E-state index is 0.165. The highest BCUT2D eigenvalue weighted by Gasteiger charge is 2.34. The molecule has 0 atom stereocenters. The van der Waals surface area contributed by atoms with Crippen molar-refractivity contribution in [3.63, 3.8) is 0 Å². The van der Waals surface area contributed by atoms with E-state index in [4.69, 9.17) is 0 Å². The Hall–Kier alpha value is -0.460. The summed E-state index contributed by atoms with van der Waals surface area (Å²) in [5, 5.41) is 0.656. The second-order valence-corrected chi connectivity index (χ2v) is 6.76. The zero-order chi connectivity index (χ0) is 12.3. The molecule has 0 saturated heterocycles. The Balaban J connectivity index is 2.28. The number of nitrogens with zero attached hydrogens (tertiary/aromatic N) is 2. The molecule has 4 nitrogen and oxygen atoms in total. The van der Waals surface area contributed by atoms with E-state index in [1.54, 1.807) is 22.6 Å². The monoisotopic (exact) mass is 318 g/mol. The van der Waals surface area contributed by atoms with Crippen molar-refractivity contribution in [1.82, 2.24) is 9.29 Å². The number of sulfonamides is 1. The molecule has 0 amide bonds. The van der Waals surface area contributed by atoms with Crippen molar-refractivity contribution in [2.75, 3.05) is 11.9 Å². The lowest BCUT2D eigenvalue weighted by Crippen LogP contribution is -2.45. The number of halogens is 1. The van der Waals surface area contributed by atoms with Crippen molar-refractivity contribution >= 4 is 26.0 Å². The third-order valence-electron chi connectivity index (χ3n) is 3.03. The molecule has 1 aromatic rings. The molecule has 17 heavy (non-hydrogen) atoms. The van der Waals surface area contributed by atoms with Crippen molar-refractivity contribution in [2.24, 2.45) is 0 Å². The summed E-state index contributed by atoms with van der Waals surface area (Å²) in [6, 6.07) is 3.42. The second kappa shape index (κ2) is 5.46. The molecule has 0 unspecified atom stereocenters. The Bertz CT molecular complexity index is 460. The summed E-state index contributed by atoms with van der Waals surface area (Å²) in [6.45, 7) is 0.516. The van der Waals surface area contributed by atoms with Crippen LogP contribution < -0.4 is 0 Å². The standard InChI is InChI=1S/C11H15BrN2O2S/c12-6-8-14(10-3-1-4-10)17(15,16)11-5-2-7-13-9-11/h2,5,7,9-10H,1,3-4,6,8H2. The van der Waals surface area contributed by atoms with E-state index in [0.717, 1.165) is 19.3 Å². The average molecular weight is 319 g/mol. The number of hydrogen-bond acceptors (Lipinski definition) is 3. The number of aromatic nitrogens is 1. The number of alkyl halides is 1. The quantitative estimate of drug-likeness (QED) is 0.780. The molecule has 1 aliphatic carbocycles. The van der Waals surface area contributed by atoms with Crippen molar-refractivity contribution < 1.29 is 8.42 Å². The first-order chi connectivity index (χ1) is 8.16. The molecule has 2 rings (SSSR count). The third kappa shape index (κ3) is 2.69. The fourth-order valence-corrected chi connectivity index (χ4v) is 4.16. The van der Waals surface area contributed by atoms with Crippen LogP contribution >= 0.6 is 15.9 Å². The molecule has 0 spiro atoms. The molecule has 6 heteroatoms. The lowest BCUT2D eigenvalue weighted by molar-refractivity contribution is 0.228. The highest BCUT2D eigenvalue weighted by molar-refractivity contribution is 9.09. The van der Waals surface area contributed by atoms with E-state index in [2.05, 4.69) is 20.9 Å². The zero-order valence-electron chi connectivity index (χ0n) is 9.42. The summed E-state index contributed by atoms with van der Waals surface area (Å²) >= 11 is 3.31. The SMILES string of the molecule is O=S(=O)(c1cccnc1)N(CCBr)C1CCC1. The van der Waals surface area contributed by atoms with Gasteiger partial charge >= 0.3 is 0 Å². The molecule has 0 aromatic carbocycles. The number of pyridine rings is 1. The smallest absolute Gasteiger partial charge is 0.244 e. The van der Waals surface area contributed by atoms with Gasteiger partial charge in [-0.25, -0.2) is 8.42 Å². The molecule has 0 aliphatic heterocycles. The Morgan fingerprint density at radius 1 is 1.47 bits per heavy atom. The van der Waals surface area contributed by atoms with Crippen molar-refractivity contribution in [3.05, 3.63) is 24.5 Å². The Labute approximate surface area is 110 Å². The van der Waals surface area contributed by atoms with Crippen LogP contribution in [0.15, 0.2) is 29.4 Å². The van der Waals surface area contributed by atoms with Crippen LogP contribution in [0.1, 0.15) is 19.3 Å². The average Bonchev–Trinajstić information content (AvgIpc) is 2.27. The molecular formula is C11H15BrN2O2S. The fourth-order valence-electron chi connectivity index (χ4n) is 1.89. The minimum Gasteiger partial charge on any atom is -0.263 e. The first kappa shape index (κ1) is 13.0. The summed E-state index contributed by atoms with van der Waals surface area (Å²) in [7, 11) is -3.38. The van der Waals surface area contributed by atoms with Crippen LogP contribution in [0, 0.1) is 0 Å². The van der Waals surface area contributed by atoms with Gasteiger partial charge in [0, 0.05) is 30.3 Å². The van der Waals surface area contributed by atoms with Crippen LogP contribution in [0.3, 0.4) is 0 Å². The van der Waals surface area contributed by atoms with E-state index in [0.29, 0.717) is 11.9 Å². The van der Waals surface area contributed by atoms with Crippen LogP contribution in [0.5, 0.6) is 0 Å². The summed E-state index contributed by atoms with van der Waals surface area (Å²) in [6.07, 6.45) is 6.04. The fraction of sp³-hybridized carbons (Fsp3) is 0.545. The van der Waals surface area contributed by atoms with Crippen molar-refractivity contribution in [1.29, 1.82) is 0 Å². The Kier molecular flexibility index (Phi) is 4.17. The predicted octanol–water partition coefficient (Wildman–Crippen LogP) is 2.02. The van der Waals surface area contributed by atoms with Gasteiger partial charge in [-0.1, -0.05) is 22.4 Å². The molecule has 94 valence electrons. The maximum atomic E-state index is 12.4. The second-order valence-electron chi connectivity index (χ2n) is 4.08. The van der Waals surface area contributed by atoms with E-state index in [1.165, 1.54) is 6.20 Å². The van der Waals surface area contributed by atoms with E-state index in [-0.39, 0.29) is 10.9 Å². The van der Waals surface area contributed by atoms with Gasteiger partial charge in [-0.2, -0.15) is 4.31 Å². The molecule has 0 radical (unpaired) electrons. The lowest BCUT2D eigenvalue weighted by Gasteiger charge is -2.36. The van der Waals surface area contributed by atoms with Gasteiger partial charge in [-0.3, -0.25) is 4.98 Å². The topological polar surface area (TPSA) is 50.3 Å². The van der Waals surface area contributed by atoms with Crippen LogP contribution in [0.4, 0.5) is 0 Å². The van der Waals surface area contributed by atoms with E-state index in [9.17, 15) is 8.42 Å². The minimum atomic E-state index is -3.38. The molecular weight excluding hydrogens is 304 g/mol. The van der Waals surface area contributed by atoms with Crippen molar-refractivity contribution in [2.45, 2.75) is 30.2 Å². The van der Waals surface area contributed by atoms with Gasteiger partial charge in [-0.15, -0.1) is 0 Å². The van der Waals surface area contributed by atoms with Gasteiger partial charge in [0.05, 0.1) is 0 Å². The van der Waals surface area contributed by atoms with Crippen LogP contribution in [0.2, 0.25) is 0 Å². The molecule has 1 heterocycles.